The lowest BCUT2D eigenvalue weighted by Crippen LogP contribution is -2.63. The quantitative estimate of drug-likeness (QED) is 0.0800. The van der Waals surface area contributed by atoms with Crippen LogP contribution in [0.3, 0.4) is 0 Å². The largest absolute Gasteiger partial charge is 0.396 e. The zero-order valence-corrected chi connectivity index (χ0v) is 58.0. The zero-order chi connectivity index (χ0) is 68.8. The normalized spacial score (nSPS) is 26.5. The van der Waals surface area contributed by atoms with Crippen LogP contribution < -0.4 is 21.3 Å². The van der Waals surface area contributed by atoms with Gasteiger partial charge in [-0.15, -0.1) is 0 Å². The molecule has 0 spiro atoms. The van der Waals surface area contributed by atoms with Crippen LogP contribution in [0.25, 0.3) is 0 Å². The molecule has 0 aromatic carbocycles. The van der Waals surface area contributed by atoms with E-state index in [1.165, 1.54) is 82.8 Å². The molecule has 0 aromatic rings. The number of allylic oxidation sites excluding steroid dienone is 2. The molecule has 0 aromatic heterocycles. The van der Waals surface area contributed by atoms with Crippen LogP contribution in [-0.2, 0) is 57.5 Å². The van der Waals surface area contributed by atoms with Gasteiger partial charge in [0.2, 0.25) is 65.0 Å². The number of carbonyl (C=O) groups is 11. The monoisotopic (exact) mass is 1260 g/mol. The number of carbonyl (C=O) groups excluding carboxylic acids is 11. The lowest BCUT2D eigenvalue weighted by atomic mass is 9.91. The first-order valence-electron chi connectivity index (χ1n) is 31.8. The maximum Gasteiger partial charge on any atom is 0.246 e. The number of nitrogens with one attached hydrogen (secondary N) is 4. The maximum absolute atomic E-state index is 15.2. The standard InChI is InChI=1S/C64H115N11O14/c1-24-26-29-41(13)54(78)53-58(82)67-45(25-2)60(84)69(17)35-49(77)73(21)52(44(16)89-31-28-27-30-76)57(81)68-50(39(9)10)63(87)70(18)46(32-36(3)4)56(80)65-42(14)55(79)66-43(15)59(83)71(19)47(33-37(5)6)61(85)72(20)48(34-38(7)8)62(86)74(22)51(40(11)12)64(88)75(53)23/h24,26,36-48,50-54,76,78H,25,27-35H2,1-23H3,(H,65,80)(H,66,79)(H,67,82)(H,68,81)/t41-,42+,43-,44-,45+,46+,47+,48-,50+,51+,52+,53+,54-/m1/s1. The summed E-state index contributed by atoms with van der Waals surface area (Å²) < 4.78 is 6.06. The molecule has 0 unspecified atom stereocenters. The van der Waals surface area contributed by atoms with Crippen molar-refractivity contribution in [3.05, 3.63) is 12.2 Å². The van der Waals surface area contributed by atoms with Crippen LogP contribution in [-0.4, -0.2) is 251 Å². The molecule has 0 bridgehead atoms. The fourth-order valence-electron chi connectivity index (χ4n) is 11.0. The molecule has 25 nitrogen and oxygen atoms in total. The van der Waals surface area contributed by atoms with Gasteiger partial charge < -0.3 is 70.5 Å². The highest BCUT2D eigenvalue weighted by atomic mass is 16.5. The second kappa shape index (κ2) is 37.8. The number of ether oxygens (including phenoxy) is 1. The van der Waals surface area contributed by atoms with Crippen molar-refractivity contribution in [3.63, 3.8) is 0 Å². The first kappa shape index (κ1) is 80.8. The Morgan fingerprint density at radius 2 is 0.989 bits per heavy atom. The Hall–Kier alpha value is -6.21. The summed E-state index contributed by atoms with van der Waals surface area (Å²) in [7, 11) is 9.73. The number of aliphatic hydroxyl groups excluding tert-OH is 2. The van der Waals surface area contributed by atoms with Gasteiger partial charge in [0.05, 0.1) is 18.8 Å². The first-order chi connectivity index (χ1) is 41.3. The highest BCUT2D eigenvalue weighted by Gasteiger charge is 2.46. The van der Waals surface area contributed by atoms with Gasteiger partial charge in [-0.25, -0.2) is 0 Å². The van der Waals surface area contributed by atoms with Crippen LogP contribution in [0.5, 0.6) is 0 Å². The highest BCUT2D eigenvalue weighted by Crippen LogP contribution is 2.26. The minimum Gasteiger partial charge on any atom is -0.396 e. The summed E-state index contributed by atoms with van der Waals surface area (Å²) in [6, 6.07) is -12.9. The number of unbranched alkanes of at least 4 members (excludes halogenated alkanes) is 1. The van der Waals surface area contributed by atoms with Crippen LogP contribution in [0.15, 0.2) is 12.2 Å². The van der Waals surface area contributed by atoms with Gasteiger partial charge in [0.25, 0.3) is 0 Å². The average Bonchev–Trinajstić information content (AvgIpc) is 0.987. The minimum absolute atomic E-state index is 0.0135. The fourth-order valence-corrected chi connectivity index (χ4v) is 11.0. The van der Waals surface area contributed by atoms with Gasteiger partial charge in [0.15, 0.2) is 0 Å². The molecule has 1 saturated heterocycles. The van der Waals surface area contributed by atoms with E-state index in [0.717, 1.165) is 14.7 Å². The third kappa shape index (κ3) is 23.2. The van der Waals surface area contributed by atoms with E-state index < -0.39 is 162 Å². The summed E-state index contributed by atoms with van der Waals surface area (Å²) in [4.78, 5) is 169. The number of rotatable bonds is 19. The molecule has 0 radical (unpaired) electrons. The lowest BCUT2D eigenvalue weighted by Gasteiger charge is -2.41. The number of hydrogen-bond acceptors (Lipinski definition) is 14. The van der Waals surface area contributed by atoms with E-state index in [2.05, 4.69) is 21.3 Å². The molecule has 1 rings (SSSR count). The number of hydrogen-bond donors (Lipinski definition) is 6. The molecular formula is C64H115N11O14. The Labute approximate surface area is 531 Å². The summed E-state index contributed by atoms with van der Waals surface area (Å²) >= 11 is 0. The Kier molecular flexibility index (Phi) is 34.3. The van der Waals surface area contributed by atoms with Crippen molar-refractivity contribution in [1.29, 1.82) is 0 Å². The summed E-state index contributed by atoms with van der Waals surface area (Å²) in [6.45, 7) is 26.8. The van der Waals surface area contributed by atoms with E-state index in [4.69, 9.17) is 4.74 Å². The topological polar surface area (TPSA) is 308 Å². The van der Waals surface area contributed by atoms with Crippen LogP contribution in [0.4, 0.5) is 0 Å². The van der Waals surface area contributed by atoms with Gasteiger partial charge in [0, 0.05) is 62.5 Å². The molecule has 1 fully saturated rings. The van der Waals surface area contributed by atoms with E-state index in [-0.39, 0.29) is 56.7 Å². The SMILES string of the molecule is CC=CC[C@@H](C)[C@@H](O)[C@H]1C(=O)N[C@@H](CC)C(=O)N(C)CC(=O)N(C)[C@@H]([C@@H](C)OCCCCO)C(=O)N[C@@H](C(C)C)C(=O)N(C)[C@@H](CC(C)C)C(=O)N[C@@H](C)C(=O)N[C@H](C)C(=O)N(C)[C@@H](CC(C)C)C(=O)N(C)[C@H](CC(C)C)C(=O)N(C)[C@@H](C(C)C)C(=O)N1C. The van der Waals surface area contributed by atoms with Crippen LogP contribution in [0, 0.1) is 35.5 Å². The van der Waals surface area contributed by atoms with Crippen LogP contribution >= 0.6 is 0 Å². The van der Waals surface area contributed by atoms with Gasteiger partial charge >= 0.3 is 0 Å². The fraction of sp³-hybridized carbons (Fsp3) is 0.797. The van der Waals surface area contributed by atoms with Crippen molar-refractivity contribution in [2.75, 3.05) is 69.1 Å². The second-order valence-electron chi connectivity index (χ2n) is 26.4. The third-order valence-electron chi connectivity index (χ3n) is 16.7. The van der Waals surface area contributed by atoms with E-state index in [0.29, 0.717) is 19.3 Å². The molecule has 11 amide bonds. The molecule has 25 heteroatoms. The Morgan fingerprint density at radius 1 is 0.517 bits per heavy atom. The minimum atomic E-state index is -1.64. The van der Waals surface area contributed by atoms with E-state index in [1.54, 1.807) is 67.5 Å². The van der Waals surface area contributed by atoms with Crippen LogP contribution in [0.2, 0.25) is 0 Å². The van der Waals surface area contributed by atoms with Gasteiger partial charge in [-0.3, -0.25) is 52.7 Å². The van der Waals surface area contributed by atoms with Gasteiger partial charge in [0.1, 0.15) is 60.4 Å². The third-order valence-corrected chi connectivity index (χ3v) is 16.7. The van der Waals surface area contributed by atoms with E-state index >= 15 is 9.59 Å². The molecule has 1 aliphatic heterocycles. The molecule has 0 saturated carbocycles. The number of amides is 11. The van der Waals surface area contributed by atoms with Gasteiger partial charge in [-0.1, -0.05) is 95.2 Å². The number of nitrogens with zero attached hydrogens (tertiary/aromatic N) is 7. The van der Waals surface area contributed by atoms with Crippen molar-refractivity contribution in [2.24, 2.45) is 35.5 Å². The molecule has 1 heterocycles. The molecule has 13 atom stereocenters. The molecule has 0 aliphatic carbocycles. The Balaban J connectivity index is 4.38. The van der Waals surface area contributed by atoms with Crippen molar-refractivity contribution in [2.45, 2.75) is 228 Å². The Morgan fingerprint density at radius 3 is 1.47 bits per heavy atom. The second-order valence-corrected chi connectivity index (χ2v) is 26.4. The van der Waals surface area contributed by atoms with Crippen LogP contribution in [0.1, 0.15) is 156 Å². The summed E-state index contributed by atoms with van der Waals surface area (Å²) in [5.74, 6) is -10.2. The molecule has 6 N–H and O–H groups in total. The highest BCUT2D eigenvalue weighted by molar-refractivity contribution is 5.99. The molecular weight excluding hydrogens is 1150 g/mol. The summed E-state index contributed by atoms with van der Waals surface area (Å²) in [5.41, 5.74) is 0. The predicted molar refractivity (Wildman–Crippen MR) is 341 cm³/mol. The van der Waals surface area contributed by atoms with Gasteiger partial charge in [-0.2, -0.15) is 0 Å². The maximum atomic E-state index is 15.2. The molecule has 1 aliphatic rings. The number of aliphatic hydroxyl groups is 2. The molecule has 510 valence electrons. The van der Waals surface area contributed by atoms with Crippen molar-refractivity contribution in [3.8, 4) is 0 Å². The average molecular weight is 1260 g/mol. The van der Waals surface area contributed by atoms with Crippen molar-refractivity contribution >= 4 is 65.0 Å². The van der Waals surface area contributed by atoms with Crippen molar-refractivity contribution in [1.82, 2.24) is 55.6 Å². The van der Waals surface area contributed by atoms with E-state index in [9.17, 15) is 53.4 Å². The van der Waals surface area contributed by atoms with Gasteiger partial charge in [-0.05, 0) is 108 Å². The first-order valence-corrected chi connectivity index (χ1v) is 31.8. The number of likely N-dealkylation sites (N-methyl/N-ethyl adjacent to an activating group) is 7. The smallest absolute Gasteiger partial charge is 0.246 e. The summed E-state index contributed by atoms with van der Waals surface area (Å²) in [5, 5.41) is 32.5. The van der Waals surface area contributed by atoms with Crippen molar-refractivity contribution < 1.29 is 67.7 Å². The zero-order valence-electron chi connectivity index (χ0n) is 58.0. The predicted octanol–water partition coefficient (Wildman–Crippen LogP) is 2.40. The summed E-state index contributed by atoms with van der Waals surface area (Å²) in [6.07, 6.45) is 2.49. The molecule has 89 heavy (non-hydrogen) atoms. The Bertz CT molecular complexity index is 2400. The lowest BCUT2D eigenvalue weighted by molar-refractivity contribution is -0.157. The van der Waals surface area contributed by atoms with E-state index in [1.807, 2.05) is 41.5 Å².